The minimum absolute atomic E-state index is 0.274. The van der Waals surface area contributed by atoms with Crippen molar-refractivity contribution in [3.8, 4) is 0 Å². The molecular weight excluding hydrogens is 284 g/mol. The number of benzene rings is 1. The molecule has 0 radical (unpaired) electrons. The second kappa shape index (κ2) is 6.72. The summed E-state index contributed by atoms with van der Waals surface area (Å²) in [6.45, 7) is 6.10. The Morgan fingerprint density at radius 1 is 1.29 bits per heavy atom. The molecule has 1 aromatic rings. The van der Waals surface area contributed by atoms with E-state index < -0.39 is 0 Å². The molecular formula is C16H20N2O2S. The van der Waals surface area contributed by atoms with Crippen LogP contribution in [0.5, 0.6) is 0 Å². The number of carbonyl (C=O) groups is 1. The first kappa shape index (κ1) is 15.5. The van der Waals surface area contributed by atoms with Crippen molar-refractivity contribution >= 4 is 23.3 Å². The highest BCUT2D eigenvalue weighted by Gasteiger charge is 2.30. The van der Waals surface area contributed by atoms with E-state index in [2.05, 4.69) is 29.7 Å². The summed E-state index contributed by atoms with van der Waals surface area (Å²) in [7, 11) is 0. The second-order valence-electron chi connectivity index (χ2n) is 4.89. The third-order valence-electron chi connectivity index (χ3n) is 3.49. The van der Waals surface area contributed by atoms with Gasteiger partial charge in [0.15, 0.2) is 5.11 Å². The molecule has 1 aliphatic rings. The zero-order valence-corrected chi connectivity index (χ0v) is 13.3. The Morgan fingerprint density at radius 3 is 2.52 bits per heavy atom. The van der Waals surface area contributed by atoms with Crippen LogP contribution >= 0.6 is 12.2 Å². The lowest BCUT2D eigenvalue weighted by molar-refractivity contribution is -0.139. The summed E-state index contributed by atoms with van der Waals surface area (Å²) in [4.78, 5) is 12.2. The van der Waals surface area contributed by atoms with Crippen LogP contribution in [0.4, 0.5) is 0 Å². The number of hydrogen-bond acceptors (Lipinski definition) is 3. The predicted octanol–water partition coefficient (Wildman–Crippen LogP) is 2.60. The fourth-order valence-corrected chi connectivity index (χ4v) is 2.64. The third-order valence-corrected chi connectivity index (χ3v) is 3.71. The van der Waals surface area contributed by atoms with Gasteiger partial charge in [0.2, 0.25) is 0 Å². The fraction of sp³-hybridized carbons (Fsp3) is 0.375. The predicted molar refractivity (Wildman–Crippen MR) is 86.8 cm³/mol. The normalized spacial score (nSPS) is 18.0. The van der Waals surface area contributed by atoms with Crippen LogP contribution < -0.4 is 10.6 Å². The van der Waals surface area contributed by atoms with Gasteiger partial charge in [-0.3, -0.25) is 0 Å². The standard InChI is InChI=1S/C16H20N2O2S/c1-4-11-6-8-12(9-7-11)14-13(15(19)20-5-2)10(3)17-16(21)18-14/h6-9,14H,4-5H2,1-3H3,(H2,17,18,21)/t14-/m0/s1. The van der Waals surface area contributed by atoms with E-state index >= 15 is 0 Å². The van der Waals surface area contributed by atoms with E-state index in [0.29, 0.717) is 17.3 Å². The highest BCUT2D eigenvalue weighted by molar-refractivity contribution is 7.80. The van der Waals surface area contributed by atoms with Crippen molar-refractivity contribution < 1.29 is 9.53 Å². The van der Waals surface area contributed by atoms with Crippen molar-refractivity contribution in [2.45, 2.75) is 33.2 Å². The molecule has 0 saturated carbocycles. The molecule has 0 saturated heterocycles. The number of ether oxygens (including phenoxy) is 1. The number of thiocarbonyl (C=S) groups is 1. The molecule has 21 heavy (non-hydrogen) atoms. The zero-order valence-electron chi connectivity index (χ0n) is 12.5. The summed E-state index contributed by atoms with van der Waals surface area (Å²) in [5, 5.41) is 6.66. The summed E-state index contributed by atoms with van der Waals surface area (Å²) in [6, 6.07) is 7.91. The Morgan fingerprint density at radius 2 is 1.95 bits per heavy atom. The van der Waals surface area contributed by atoms with Crippen molar-refractivity contribution in [3.05, 3.63) is 46.7 Å². The monoisotopic (exact) mass is 304 g/mol. The summed E-state index contributed by atoms with van der Waals surface area (Å²) in [5.74, 6) is -0.318. The van der Waals surface area contributed by atoms with Crippen molar-refractivity contribution in [1.29, 1.82) is 0 Å². The van der Waals surface area contributed by atoms with E-state index in [-0.39, 0.29) is 12.0 Å². The molecule has 1 atom stereocenters. The molecule has 0 fully saturated rings. The van der Waals surface area contributed by atoms with Crippen LogP contribution in [0.2, 0.25) is 0 Å². The van der Waals surface area contributed by atoms with Gasteiger partial charge < -0.3 is 15.4 Å². The fourth-order valence-electron chi connectivity index (χ4n) is 2.37. The van der Waals surface area contributed by atoms with Crippen LogP contribution in [0, 0.1) is 0 Å². The van der Waals surface area contributed by atoms with E-state index in [9.17, 15) is 4.79 Å². The quantitative estimate of drug-likeness (QED) is 0.661. The summed E-state index contributed by atoms with van der Waals surface area (Å²) in [5.41, 5.74) is 3.57. The molecule has 2 rings (SSSR count). The minimum Gasteiger partial charge on any atom is -0.463 e. The van der Waals surface area contributed by atoms with E-state index in [1.165, 1.54) is 5.56 Å². The lowest BCUT2D eigenvalue weighted by atomic mass is 9.94. The number of esters is 1. The van der Waals surface area contributed by atoms with Crippen LogP contribution in [0.1, 0.15) is 37.9 Å². The molecule has 112 valence electrons. The average Bonchev–Trinajstić information content (AvgIpc) is 2.46. The highest BCUT2D eigenvalue weighted by atomic mass is 32.1. The molecule has 2 N–H and O–H groups in total. The van der Waals surface area contributed by atoms with Gasteiger partial charge in [-0.15, -0.1) is 0 Å². The van der Waals surface area contributed by atoms with Gasteiger partial charge in [0.1, 0.15) is 0 Å². The molecule has 5 heteroatoms. The van der Waals surface area contributed by atoms with Crippen molar-refractivity contribution in [2.24, 2.45) is 0 Å². The van der Waals surface area contributed by atoms with Crippen LogP contribution in [0.25, 0.3) is 0 Å². The van der Waals surface area contributed by atoms with Crippen LogP contribution in [0.15, 0.2) is 35.5 Å². The maximum Gasteiger partial charge on any atom is 0.338 e. The Bertz CT molecular complexity index is 578. The number of carbonyl (C=O) groups excluding carboxylic acids is 1. The van der Waals surface area contributed by atoms with Gasteiger partial charge in [0.05, 0.1) is 18.2 Å². The molecule has 4 nitrogen and oxygen atoms in total. The smallest absolute Gasteiger partial charge is 0.338 e. The maximum atomic E-state index is 12.2. The van der Waals surface area contributed by atoms with Crippen LogP contribution in [-0.4, -0.2) is 17.7 Å². The third kappa shape index (κ3) is 3.42. The van der Waals surface area contributed by atoms with Gasteiger partial charge in [-0.25, -0.2) is 4.79 Å². The lowest BCUT2D eigenvalue weighted by Gasteiger charge is -2.29. The van der Waals surface area contributed by atoms with Crippen molar-refractivity contribution in [3.63, 3.8) is 0 Å². The first-order chi connectivity index (χ1) is 10.1. The Hall–Kier alpha value is -1.88. The summed E-state index contributed by atoms with van der Waals surface area (Å²) in [6.07, 6.45) is 0.984. The Labute approximate surface area is 130 Å². The first-order valence-electron chi connectivity index (χ1n) is 7.11. The van der Waals surface area contributed by atoms with E-state index in [1.54, 1.807) is 6.92 Å². The van der Waals surface area contributed by atoms with Crippen molar-refractivity contribution in [2.75, 3.05) is 6.61 Å². The zero-order chi connectivity index (χ0) is 15.4. The Kier molecular flexibility index (Phi) is 4.96. The van der Waals surface area contributed by atoms with Gasteiger partial charge in [-0.05, 0) is 43.6 Å². The van der Waals surface area contributed by atoms with E-state index in [1.807, 2.05) is 19.1 Å². The summed E-state index contributed by atoms with van der Waals surface area (Å²) < 4.78 is 5.16. The number of rotatable bonds is 4. The van der Waals surface area contributed by atoms with Crippen LogP contribution in [0.3, 0.4) is 0 Å². The van der Waals surface area contributed by atoms with E-state index in [0.717, 1.165) is 17.7 Å². The molecule has 1 heterocycles. The van der Waals surface area contributed by atoms with Gasteiger partial charge in [0.25, 0.3) is 0 Å². The highest BCUT2D eigenvalue weighted by Crippen LogP contribution is 2.27. The molecule has 1 aliphatic heterocycles. The lowest BCUT2D eigenvalue weighted by Crippen LogP contribution is -2.45. The van der Waals surface area contributed by atoms with Gasteiger partial charge in [0, 0.05) is 5.70 Å². The molecule has 0 spiro atoms. The molecule has 0 amide bonds. The molecule has 0 unspecified atom stereocenters. The number of hydrogen-bond donors (Lipinski definition) is 2. The maximum absolute atomic E-state index is 12.2. The van der Waals surface area contributed by atoms with Gasteiger partial charge >= 0.3 is 5.97 Å². The Balaban J connectivity index is 2.39. The summed E-state index contributed by atoms with van der Waals surface area (Å²) >= 11 is 5.20. The largest absolute Gasteiger partial charge is 0.463 e. The SMILES string of the molecule is CCOC(=O)C1=C(C)NC(=S)N[C@H]1c1ccc(CC)cc1. The topological polar surface area (TPSA) is 50.4 Å². The molecule has 0 aromatic heterocycles. The van der Waals surface area contributed by atoms with Crippen LogP contribution in [-0.2, 0) is 16.0 Å². The van der Waals surface area contributed by atoms with Gasteiger partial charge in [-0.2, -0.15) is 0 Å². The minimum atomic E-state index is -0.318. The molecule has 0 bridgehead atoms. The average molecular weight is 304 g/mol. The number of allylic oxidation sites excluding steroid dienone is 1. The first-order valence-corrected chi connectivity index (χ1v) is 7.51. The number of aryl methyl sites for hydroxylation is 1. The second-order valence-corrected chi connectivity index (χ2v) is 5.29. The molecule has 1 aromatic carbocycles. The number of nitrogens with one attached hydrogen (secondary N) is 2. The molecule has 0 aliphatic carbocycles. The van der Waals surface area contributed by atoms with Gasteiger partial charge in [-0.1, -0.05) is 31.2 Å². The van der Waals surface area contributed by atoms with E-state index in [4.69, 9.17) is 17.0 Å². The van der Waals surface area contributed by atoms with Crippen molar-refractivity contribution in [1.82, 2.24) is 10.6 Å².